The van der Waals surface area contributed by atoms with Crippen molar-refractivity contribution in [3.63, 3.8) is 0 Å². The quantitative estimate of drug-likeness (QED) is 0.466. The lowest BCUT2D eigenvalue weighted by atomic mass is 10.1. The van der Waals surface area contributed by atoms with Crippen molar-refractivity contribution in [3.05, 3.63) is 0 Å². The van der Waals surface area contributed by atoms with Gasteiger partial charge in [-0.25, -0.2) is 0 Å². The van der Waals surface area contributed by atoms with Crippen LogP contribution in [0.5, 0.6) is 0 Å². The van der Waals surface area contributed by atoms with Crippen molar-refractivity contribution < 1.29 is 23.2 Å². The monoisotopic (exact) mass is 152 g/mol. The summed E-state index contributed by atoms with van der Waals surface area (Å²) in [7, 11) is -4.22. The van der Waals surface area contributed by atoms with Gasteiger partial charge in [0, 0.05) is 0 Å². The van der Waals surface area contributed by atoms with Gasteiger partial charge in [0.1, 0.15) is 0 Å². The normalized spacial score (nSPS) is 30.3. The van der Waals surface area contributed by atoms with Crippen molar-refractivity contribution in [1.29, 1.82) is 0 Å². The van der Waals surface area contributed by atoms with Crippen molar-refractivity contribution in [2.75, 3.05) is 6.61 Å². The van der Waals surface area contributed by atoms with Gasteiger partial charge in [-0.15, -0.1) is 0 Å². The summed E-state index contributed by atoms with van der Waals surface area (Å²) in [6.07, 6.45) is 0. The highest BCUT2D eigenvalue weighted by molar-refractivity contribution is 6.60. The Morgan fingerprint density at radius 3 is 2.60 bits per heavy atom. The molecule has 0 saturated carbocycles. The van der Waals surface area contributed by atoms with Crippen LogP contribution in [0.2, 0.25) is 0 Å². The van der Waals surface area contributed by atoms with Crippen molar-refractivity contribution in [3.8, 4) is 0 Å². The smallest absolute Gasteiger partial charge is 0.592 e. The van der Waals surface area contributed by atoms with Crippen molar-refractivity contribution in [2.45, 2.75) is 6.04 Å². The van der Waals surface area contributed by atoms with Crippen LogP contribution < -0.4 is 5.23 Å². The number of carbonyl (C=O) groups is 1. The molecule has 1 aliphatic heterocycles. The molecule has 1 heterocycles. The number of hydrogen-bond donors (Lipinski definition) is 2. The van der Waals surface area contributed by atoms with E-state index in [4.69, 9.17) is 5.11 Å². The Hall–Kier alpha value is -0.685. The fourth-order valence-corrected chi connectivity index (χ4v) is 0.692. The van der Waals surface area contributed by atoms with E-state index >= 15 is 0 Å². The van der Waals surface area contributed by atoms with Crippen molar-refractivity contribution >= 4 is 13.0 Å². The second kappa shape index (κ2) is 2.17. The largest absolute Gasteiger partial charge is 0.622 e. The van der Waals surface area contributed by atoms with Crippen LogP contribution in [-0.4, -0.2) is 30.8 Å². The van der Waals surface area contributed by atoms with Gasteiger partial charge >= 0.3 is 7.04 Å². The predicted octanol–water partition coefficient (Wildman–Crippen LogP) is -1.13. The molecule has 1 aliphatic rings. The zero-order valence-corrected chi connectivity index (χ0v) is 4.88. The summed E-state index contributed by atoms with van der Waals surface area (Å²) in [4.78, 5) is 10.3. The maximum atomic E-state index is 12.0. The summed E-state index contributed by atoms with van der Waals surface area (Å²) in [6.45, 7) is -0.670. The van der Waals surface area contributed by atoms with Gasteiger partial charge in [-0.2, -0.15) is 0 Å². The molecule has 0 unspecified atom stereocenters. The summed E-state index contributed by atoms with van der Waals surface area (Å²) in [5, 5.41) is 9.82. The maximum Gasteiger partial charge on any atom is 0.592 e. The summed E-state index contributed by atoms with van der Waals surface area (Å²) < 4.78 is 27.6. The van der Waals surface area contributed by atoms with Crippen molar-refractivity contribution in [2.24, 2.45) is 0 Å². The molecule has 1 rings (SSSR count). The molecule has 1 saturated heterocycles. The molecule has 0 aliphatic carbocycles. The first-order valence-corrected chi connectivity index (χ1v) is 2.67. The van der Waals surface area contributed by atoms with Gasteiger partial charge in [-0.05, 0) is 0 Å². The van der Waals surface area contributed by atoms with Gasteiger partial charge in [0.2, 0.25) is 0 Å². The van der Waals surface area contributed by atoms with Crippen LogP contribution in [0.25, 0.3) is 0 Å². The number of carbonyl (C=O) groups excluding carboxylic acids is 1. The fraction of sp³-hybridized carbons (Fsp3) is 0.667. The summed E-state index contributed by atoms with van der Waals surface area (Å²) in [5.74, 6) is -1.10. The molecule has 4 nitrogen and oxygen atoms in total. The third-order valence-corrected chi connectivity index (χ3v) is 1.13. The molecule has 0 radical (unpaired) electrons. The molecule has 10 heavy (non-hydrogen) atoms. The van der Waals surface area contributed by atoms with Crippen molar-refractivity contribution in [1.82, 2.24) is 5.23 Å². The van der Waals surface area contributed by atoms with Gasteiger partial charge < -0.3 is 23.6 Å². The van der Waals surface area contributed by atoms with E-state index in [2.05, 4.69) is 4.65 Å². The van der Waals surface area contributed by atoms with Crippen LogP contribution in [0, 0.1) is 0 Å². The molecular weight excluding hydrogens is 147 g/mol. The van der Waals surface area contributed by atoms with E-state index in [0.717, 1.165) is 0 Å². The minimum Gasteiger partial charge on any atom is -0.622 e. The van der Waals surface area contributed by atoms with E-state index in [-0.39, 0.29) is 0 Å². The number of aliphatic hydroxyl groups excluding tert-OH is 1. The minimum atomic E-state index is -4.22. The Labute approximate surface area is 55.2 Å². The van der Waals surface area contributed by atoms with E-state index in [1.807, 2.05) is 0 Å². The zero-order valence-electron chi connectivity index (χ0n) is 4.88. The Bertz CT molecular complexity index is 164. The highest BCUT2D eigenvalue weighted by Crippen LogP contribution is 2.14. The average molecular weight is 152 g/mol. The number of aliphatic hydroxyl groups is 1. The van der Waals surface area contributed by atoms with Crippen LogP contribution in [-0.2, 0) is 9.45 Å². The van der Waals surface area contributed by atoms with E-state index in [1.54, 1.807) is 0 Å². The Morgan fingerprint density at radius 2 is 2.40 bits per heavy atom. The second-order valence-electron chi connectivity index (χ2n) is 1.94. The first kappa shape index (κ1) is 7.42. The lowest BCUT2D eigenvalue weighted by Crippen LogP contribution is -2.43. The molecule has 7 heteroatoms. The number of nitrogens with one attached hydrogen (secondary N) is 1. The van der Waals surface area contributed by atoms with E-state index in [0.29, 0.717) is 0 Å². The zero-order chi connectivity index (χ0) is 7.78. The standard InChI is InChI=1S/C3H5BF2NO3/c5-4(6)7-2(1-8)3(9)10-4/h2,7-8H,1H2/q-1/t2-/m0/s1. The summed E-state index contributed by atoms with van der Waals surface area (Å²) >= 11 is 0. The van der Waals surface area contributed by atoms with Crippen LogP contribution in [0.15, 0.2) is 0 Å². The van der Waals surface area contributed by atoms with Gasteiger partial charge in [0.05, 0.1) is 12.6 Å². The van der Waals surface area contributed by atoms with Gasteiger partial charge in [-0.3, -0.25) is 4.79 Å². The van der Waals surface area contributed by atoms with Crippen LogP contribution in [0.3, 0.4) is 0 Å². The molecule has 0 aromatic carbocycles. The lowest BCUT2D eigenvalue weighted by molar-refractivity contribution is -0.135. The first-order chi connectivity index (χ1) is 4.55. The molecule has 1 fully saturated rings. The number of halogens is 2. The molecule has 0 bridgehead atoms. The third kappa shape index (κ3) is 1.24. The van der Waals surface area contributed by atoms with Crippen LogP contribution >= 0.6 is 0 Å². The molecule has 0 spiro atoms. The minimum absolute atomic E-state index is 0.670. The number of rotatable bonds is 1. The third-order valence-electron chi connectivity index (χ3n) is 1.13. The van der Waals surface area contributed by atoms with E-state index in [1.165, 1.54) is 5.23 Å². The number of hydrogen-bond acceptors (Lipinski definition) is 4. The van der Waals surface area contributed by atoms with Crippen LogP contribution in [0.4, 0.5) is 8.63 Å². The maximum absolute atomic E-state index is 12.0. The first-order valence-electron chi connectivity index (χ1n) is 2.67. The SMILES string of the molecule is O=C1O[B-](F)(F)N[C@H]1CO. The lowest BCUT2D eigenvalue weighted by Gasteiger charge is -2.14. The molecule has 2 N–H and O–H groups in total. The predicted molar refractivity (Wildman–Crippen MR) is 28.1 cm³/mol. The molecule has 1 atom stereocenters. The molecule has 0 aromatic rings. The Kier molecular flexibility index (Phi) is 1.61. The molecular formula is C3H5BF2NO3-. The average Bonchev–Trinajstić information content (AvgIpc) is 2.05. The van der Waals surface area contributed by atoms with Gasteiger partial charge in [0.25, 0.3) is 5.97 Å². The molecule has 0 amide bonds. The topological polar surface area (TPSA) is 58.6 Å². The second-order valence-corrected chi connectivity index (χ2v) is 1.94. The summed E-state index contributed by atoms with van der Waals surface area (Å²) in [6, 6.07) is -1.27. The summed E-state index contributed by atoms with van der Waals surface area (Å²) in [5.41, 5.74) is 0. The Morgan fingerprint density at radius 1 is 1.80 bits per heavy atom. The van der Waals surface area contributed by atoms with E-state index in [9.17, 15) is 13.4 Å². The molecule has 58 valence electrons. The van der Waals surface area contributed by atoms with E-state index < -0.39 is 25.7 Å². The highest BCUT2D eigenvalue weighted by Gasteiger charge is 2.42. The van der Waals surface area contributed by atoms with Crippen LogP contribution in [0.1, 0.15) is 0 Å². The Balaban J connectivity index is 2.61. The van der Waals surface area contributed by atoms with Gasteiger partial charge in [0.15, 0.2) is 0 Å². The van der Waals surface area contributed by atoms with Gasteiger partial charge in [-0.1, -0.05) is 0 Å². The molecule has 0 aromatic heterocycles. The highest BCUT2D eigenvalue weighted by atomic mass is 19.3. The fourth-order valence-electron chi connectivity index (χ4n) is 0.692.